The van der Waals surface area contributed by atoms with Gasteiger partial charge in [0.25, 0.3) is 0 Å². The minimum Gasteiger partial charge on any atom is -0.303 e. The third-order valence-electron chi connectivity index (χ3n) is 5.43. The summed E-state index contributed by atoms with van der Waals surface area (Å²) in [6.07, 6.45) is 5.30. The minimum absolute atomic E-state index is 0.945. The zero-order chi connectivity index (χ0) is 18.5. The van der Waals surface area contributed by atoms with Crippen LogP contribution in [0.5, 0.6) is 0 Å². The van der Waals surface area contributed by atoms with Gasteiger partial charge < -0.3 is 4.57 Å². The Morgan fingerprint density at radius 1 is 0.963 bits per heavy atom. The van der Waals surface area contributed by atoms with Crippen molar-refractivity contribution in [2.75, 3.05) is 0 Å². The third-order valence-corrected chi connectivity index (χ3v) is 5.43. The van der Waals surface area contributed by atoms with Gasteiger partial charge in [-0.15, -0.1) is 0 Å². The maximum atomic E-state index is 4.83. The van der Waals surface area contributed by atoms with Crippen LogP contribution in [0, 0.1) is 6.92 Å². The van der Waals surface area contributed by atoms with Gasteiger partial charge >= 0.3 is 0 Å². The summed E-state index contributed by atoms with van der Waals surface area (Å²) in [5.41, 5.74) is 9.82. The van der Waals surface area contributed by atoms with Crippen molar-refractivity contribution in [2.24, 2.45) is 7.05 Å². The molecule has 0 atom stereocenters. The Labute approximate surface area is 159 Å². The van der Waals surface area contributed by atoms with E-state index in [1.54, 1.807) is 0 Å². The van der Waals surface area contributed by atoms with Crippen LogP contribution in [0.25, 0.3) is 39.6 Å². The lowest BCUT2D eigenvalue weighted by molar-refractivity contribution is -0.660. The number of aryl methyl sites for hydroxylation is 2. The number of aromatic nitrogens is 3. The first kappa shape index (κ1) is 16.0. The fourth-order valence-electron chi connectivity index (χ4n) is 4.00. The van der Waals surface area contributed by atoms with E-state index in [-0.39, 0.29) is 0 Å². The van der Waals surface area contributed by atoms with Crippen LogP contribution in [0.4, 0.5) is 0 Å². The van der Waals surface area contributed by atoms with Crippen molar-refractivity contribution in [1.29, 1.82) is 0 Å². The predicted molar refractivity (Wildman–Crippen MR) is 110 cm³/mol. The summed E-state index contributed by atoms with van der Waals surface area (Å²) in [4.78, 5) is 4.83. The molecular formula is C24H22N3+. The van der Waals surface area contributed by atoms with Gasteiger partial charge in [-0.3, -0.25) is 0 Å². The Balaban J connectivity index is 1.72. The molecule has 0 amide bonds. The Hall–Kier alpha value is -3.20. The van der Waals surface area contributed by atoms with Crippen molar-refractivity contribution in [3.63, 3.8) is 0 Å². The molecule has 2 aromatic carbocycles. The molecule has 5 rings (SSSR count). The normalized spacial score (nSPS) is 13.1. The molecule has 0 saturated heterocycles. The van der Waals surface area contributed by atoms with E-state index >= 15 is 0 Å². The highest BCUT2D eigenvalue weighted by atomic mass is 15.1. The predicted octanol–water partition coefficient (Wildman–Crippen LogP) is 4.92. The van der Waals surface area contributed by atoms with Crippen LogP contribution in [0.3, 0.4) is 0 Å². The zero-order valence-corrected chi connectivity index (χ0v) is 15.9. The first-order valence-corrected chi connectivity index (χ1v) is 9.34. The molecule has 0 fully saturated rings. The van der Waals surface area contributed by atoms with Crippen LogP contribution in [0.1, 0.15) is 18.3 Å². The van der Waals surface area contributed by atoms with Crippen molar-refractivity contribution < 1.29 is 4.57 Å². The molecule has 0 bridgehead atoms. The van der Waals surface area contributed by atoms with E-state index in [0.29, 0.717) is 0 Å². The van der Waals surface area contributed by atoms with Crippen molar-refractivity contribution in [1.82, 2.24) is 9.55 Å². The van der Waals surface area contributed by atoms with Gasteiger partial charge in [-0.25, -0.2) is 9.55 Å². The van der Waals surface area contributed by atoms with Crippen LogP contribution in [-0.4, -0.2) is 9.55 Å². The summed E-state index contributed by atoms with van der Waals surface area (Å²) in [5, 5.41) is 0. The SMILES string of the molecule is CC1=Cn2c(nc3cc(C)c(-c4cc(-c5ccccc5)cc[n+]4C)cc32)C1. The van der Waals surface area contributed by atoms with E-state index in [9.17, 15) is 0 Å². The number of allylic oxidation sites excluding steroid dienone is 1. The molecule has 0 aliphatic carbocycles. The third kappa shape index (κ3) is 2.58. The summed E-state index contributed by atoms with van der Waals surface area (Å²) >= 11 is 0. The van der Waals surface area contributed by atoms with E-state index < -0.39 is 0 Å². The maximum absolute atomic E-state index is 4.83. The first-order valence-electron chi connectivity index (χ1n) is 9.34. The summed E-state index contributed by atoms with van der Waals surface area (Å²) < 4.78 is 4.44. The summed E-state index contributed by atoms with van der Waals surface area (Å²) in [7, 11) is 2.11. The molecule has 1 aliphatic heterocycles. The van der Waals surface area contributed by atoms with E-state index in [4.69, 9.17) is 4.98 Å². The second-order valence-electron chi connectivity index (χ2n) is 7.48. The lowest BCUT2D eigenvalue weighted by atomic mass is 10.00. The molecular weight excluding hydrogens is 330 g/mol. The Morgan fingerprint density at radius 2 is 1.78 bits per heavy atom. The molecule has 0 radical (unpaired) electrons. The minimum atomic E-state index is 0.945. The summed E-state index contributed by atoms with van der Waals surface area (Å²) in [6, 6.07) is 19.5. The van der Waals surface area contributed by atoms with E-state index in [2.05, 4.69) is 97.0 Å². The molecule has 2 aromatic heterocycles. The van der Waals surface area contributed by atoms with Gasteiger partial charge in [0.2, 0.25) is 5.69 Å². The maximum Gasteiger partial charge on any atom is 0.213 e. The Bertz CT molecular complexity index is 1210. The fourth-order valence-corrected chi connectivity index (χ4v) is 4.00. The number of hydrogen-bond acceptors (Lipinski definition) is 1. The lowest BCUT2D eigenvalue weighted by Crippen LogP contribution is -2.30. The molecule has 0 spiro atoms. The fraction of sp³-hybridized carbons (Fsp3) is 0.167. The van der Waals surface area contributed by atoms with Gasteiger partial charge in [0.15, 0.2) is 6.20 Å². The van der Waals surface area contributed by atoms with Crippen molar-refractivity contribution in [2.45, 2.75) is 20.3 Å². The van der Waals surface area contributed by atoms with Gasteiger partial charge in [-0.05, 0) is 48.2 Å². The number of pyridine rings is 1. The highest BCUT2D eigenvalue weighted by Gasteiger charge is 2.20. The van der Waals surface area contributed by atoms with Gasteiger partial charge in [0.1, 0.15) is 12.9 Å². The number of fused-ring (bicyclic) bond motifs is 3. The van der Waals surface area contributed by atoms with E-state index in [1.807, 2.05) is 0 Å². The molecule has 132 valence electrons. The number of nitrogens with zero attached hydrogens (tertiary/aromatic N) is 3. The quantitative estimate of drug-likeness (QED) is 0.469. The average Bonchev–Trinajstić information content (AvgIpc) is 3.18. The smallest absolute Gasteiger partial charge is 0.213 e. The van der Waals surface area contributed by atoms with E-state index in [1.165, 1.54) is 39.0 Å². The highest BCUT2D eigenvalue weighted by molar-refractivity contribution is 5.86. The van der Waals surface area contributed by atoms with Gasteiger partial charge in [0.05, 0.1) is 16.6 Å². The summed E-state index contributed by atoms with van der Waals surface area (Å²) in [6.45, 7) is 4.34. The molecule has 0 unspecified atom stereocenters. The van der Waals surface area contributed by atoms with Gasteiger partial charge in [-0.2, -0.15) is 0 Å². The molecule has 3 heterocycles. The highest BCUT2D eigenvalue weighted by Crippen LogP contribution is 2.31. The van der Waals surface area contributed by atoms with Crippen LogP contribution >= 0.6 is 0 Å². The number of hydrogen-bond donors (Lipinski definition) is 0. The largest absolute Gasteiger partial charge is 0.303 e. The van der Waals surface area contributed by atoms with E-state index in [0.717, 1.165) is 17.8 Å². The van der Waals surface area contributed by atoms with Crippen LogP contribution < -0.4 is 4.57 Å². The first-order chi connectivity index (χ1) is 13.1. The molecule has 0 saturated carbocycles. The second kappa shape index (κ2) is 5.92. The van der Waals surface area contributed by atoms with Gasteiger partial charge in [0, 0.05) is 24.8 Å². The molecule has 3 nitrogen and oxygen atoms in total. The van der Waals surface area contributed by atoms with Crippen LogP contribution in [-0.2, 0) is 13.5 Å². The van der Waals surface area contributed by atoms with Crippen molar-refractivity contribution in [3.05, 3.63) is 77.8 Å². The molecule has 27 heavy (non-hydrogen) atoms. The zero-order valence-electron chi connectivity index (χ0n) is 15.9. The standard InChI is InChI=1S/C24H22N3/c1-16-11-24-25-21-12-17(2)20(14-23(21)27(24)15-16)22-13-19(9-10-26(22)3)18-7-5-4-6-8-18/h4-10,12-15H,11H2,1-3H3/q+1. The monoisotopic (exact) mass is 352 g/mol. The van der Waals surface area contributed by atoms with Crippen LogP contribution in [0.15, 0.2) is 66.4 Å². The lowest BCUT2D eigenvalue weighted by Gasteiger charge is -2.08. The Kier molecular flexibility index (Phi) is 3.51. The average molecular weight is 352 g/mol. The molecule has 4 aromatic rings. The van der Waals surface area contributed by atoms with Gasteiger partial charge in [-0.1, -0.05) is 30.3 Å². The Morgan fingerprint density at radius 3 is 2.59 bits per heavy atom. The number of benzene rings is 2. The topological polar surface area (TPSA) is 21.7 Å². The molecule has 3 heteroatoms. The number of imidazole rings is 1. The van der Waals surface area contributed by atoms with Crippen LogP contribution in [0.2, 0.25) is 0 Å². The molecule has 0 N–H and O–H groups in total. The van der Waals surface area contributed by atoms with Crippen molar-refractivity contribution in [3.8, 4) is 22.4 Å². The second-order valence-corrected chi connectivity index (χ2v) is 7.48. The van der Waals surface area contributed by atoms with Crippen molar-refractivity contribution >= 4 is 17.2 Å². The molecule has 1 aliphatic rings. The summed E-state index contributed by atoms with van der Waals surface area (Å²) in [5.74, 6) is 1.14. The number of rotatable bonds is 2.